The van der Waals surface area contributed by atoms with E-state index < -0.39 is 5.75 Å². The lowest BCUT2D eigenvalue weighted by atomic mass is 10.1. The monoisotopic (exact) mass is 356 g/mol. The summed E-state index contributed by atoms with van der Waals surface area (Å²) in [6, 6.07) is 6.27. The first-order valence-corrected chi connectivity index (χ1v) is 8.36. The largest absolute Gasteiger partial charge is 0.504 e. The molecule has 3 rings (SSSR count). The SMILES string of the molecule is CCOc1ccc(C=C2Oc3c(ccc(O)c3O)C2=O)c(OCC)c1C. The third-order valence-electron chi connectivity index (χ3n) is 4.05. The molecule has 0 saturated carbocycles. The Hall–Kier alpha value is -3.15. The van der Waals surface area contributed by atoms with Gasteiger partial charge in [-0.15, -0.1) is 0 Å². The number of hydrogen-bond donors (Lipinski definition) is 2. The first kappa shape index (κ1) is 17.7. The van der Waals surface area contributed by atoms with E-state index >= 15 is 0 Å². The number of aromatic hydroxyl groups is 2. The molecular weight excluding hydrogens is 336 g/mol. The average molecular weight is 356 g/mol. The van der Waals surface area contributed by atoms with Gasteiger partial charge in [0.2, 0.25) is 11.5 Å². The summed E-state index contributed by atoms with van der Waals surface area (Å²) in [6.45, 7) is 6.65. The molecule has 0 amide bonds. The Bertz CT molecular complexity index is 898. The highest BCUT2D eigenvalue weighted by Gasteiger charge is 2.31. The number of rotatable bonds is 5. The van der Waals surface area contributed by atoms with Crippen LogP contribution in [0.4, 0.5) is 0 Å². The number of hydrogen-bond acceptors (Lipinski definition) is 6. The molecule has 6 heteroatoms. The molecule has 1 aliphatic heterocycles. The molecule has 2 aromatic rings. The van der Waals surface area contributed by atoms with E-state index in [9.17, 15) is 15.0 Å². The molecule has 0 aromatic heterocycles. The number of fused-ring (bicyclic) bond motifs is 1. The molecule has 0 unspecified atom stereocenters. The highest BCUT2D eigenvalue weighted by molar-refractivity contribution is 6.15. The van der Waals surface area contributed by atoms with Gasteiger partial charge in [-0.3, -0.25) is 4.79 Å². The standard InChI is InChI=1S/C20H20O6/c1-4-24-15-9-6-12(19(11(15)3)25-5-2)10-16-17(22)13-7-8-14(21)18(23)20(13)26-16/h6-10,21,23H,4-5H2,1-3H3. The van der Waals surface area contributed by atoms with Crippen LogP contribution in [-0.4, -0.2) is 29.2 Å². The number of ketones is 1. The Morgan fingerprint density at radius 1 is 1.08 bits per heavy atom. The number of ether oxygens (including phenoxy) is 3. The molecule has 2 N–H and O–H groups in total. The summed E-state index contributed by atoms with van der Waals surface area (Å²) in [5.41, 5.74) is 1.69. The van der Waals surface area contributed by atoms with Crippen molar-refractivity contribution in [3.63, 3.8) is 0 Å². The second-order valence-electron chi connectivity index (χ2n) is 5.72. The Morgan fingerprint density at radius 3 is 2.50 bits per heavy atom. The topological polar surface area (TPSA) is 85.2 Å². The lowest BCUT2D eigenvalue weighted by Crippen LogP contribution is -2.03. The molecule has 2 aromatic carbocycles. The van der Waals surface area contributed by atoms with Gasteiger partial charge in [0.05, 0.1) is 18.8 Å². The van der Waals surface area contributed by atoms with E-state index in [-0.39, 0.29) is 28.6 Å². The normalized spacial score (nSPS) is 14.3. The summed E-state index contributed by atoms with van der Waals surface area (Å²) >= 11 is 0. The van der Waals surface area contributed by atoms with Crippen molar-refractivity contribution < 1.29 is 29.2 Å². The van der Waals surface area contributed by atoms with E-state index in [4.69, 9.17) is 14.2 Å². The third-order valence-corrected chi connectivity index (χ3v) is 4.05. The number of carbonyl (C=O) groups excluding carboxylic acids is 1. The van der Waals surface area contributed by atoms with E-state index in [0.29, 0.717) is 30.3 Å². The molecule has 0 bridgehead atoms. The zero-order valence-electron chi connectivity index (χ0n) is 14.8. The van der Waals surface area contributed by atoms with Crippen LogP contribution in [-0.2, 0) is 0 Å². The molecule has 1 heterocycles. The number of allylic oxidation sites excluding steroid dienone is 1. The number of phenolic OH excluding ortho intramolecular Hbond substituents is 2. The Labute approximate surface area is 151 Å². The van der Waals surface area contributed by atoms with Gasteiger partial charge in [-0.2, -0.15) is 0 Å². The molecule has 26 heavy (non-hydrogen) atoms. The van der Waals surface area contributed by atoms with Crippen LogP contribution < -0.4 is 14.2 Å². The fourth-order valence-electron chi connectivity index (χ4n) is 2.82. The van der Waals surface area contributed by atoms with Crippen LogP contribution in [0.25, 0.3) is 6.08 Å². The summed E-state index contributed by atoms with van der Waals surface area (Å²) in [6.07, 6.45) is 1.56. The summed E-state index contributed by atoms with van der Waals surface area (Å²) in [7, 11) is 0. The molecule has 136 valence electrons. The predicted molar refractivity (Wildman–Crippen MR) is 96.2 cm³/mol. The lowest BCUT2D eigenvalue weighted by molar-refractivity contribution is 0.101. The maximum absolute atomic E-state index is 12.5. The van der Waals surface area contributed by atoms with Crippen molar-refractivity contribution in [3.05, 3.63) is 46.7 Å². The second-order valence-corrected chi connectivity index (χ2v) is 5.72. The van der Waals surface area contributed by atoms with Crippen molar-refractivity contribution in [1.29, 1.82) is 0 Å². The van der Waals surface area contributed by atoms with Crippen molar-refractivity contribution in [2.45, 2.75) is 20.8 Å². The average Bonchev–Trinajstić information content (AvgIpc) is 2.94. The van der Waals surface area contributed by atoms with Crippen molar-refractivity contribution >= 4 is 11.9 Å². The van der Waals surface area contributed by atoms with Gasteiger partial charge in [0.25, 0.3) is 0 Å². The van der Waals surface area contributed by atoms with E-state index in [2.05, 4.69) is 0 Å². The number of Topliss-reactive ketones (excluding diaryl/α,β-unsaturated/α-hetero) is 1. The number of phenols is 2. The molecule has 0 atom stereocenters. The van der Waals surface area contributed by atoms with Crippen molar-refractivity contribution in [1.82, 2.24) is 0 Å². The molecule has 0 saturated heterocycles. The zero-order chi connectivity index (χ0) is 18.8. The molecule has 0 spiro atoms. The van der Waals surface area contributed by atoms with Crippen LogP contribution in [0, 0.1) is 6.92 Å². The van der Waals surface area contributed by atoms with Gasteiger partial charge in [0, 0.05) is 11.1 Å². The molecule has 1 aliphatic rings. The van der Waals surface area contributed by atoms with Crippen molar-refractivity contribution in [2.24, 2.45) is 0 Å². The highest BCUT2D eigenvalue weighted by Crippen LogP contribution is 2.44. The van der Waals surface area contributed by atoms with Crippen LogP contribution in [0.5, 0.6) is 28.7 Å². The summed E-state index contributed by atoms with van der Waals surface area (Å²) in [4.78, 5) is 12.5. The fraction of sp³-hybridized carbons (Fsp3) is 0.250. The van der Waals surface area contributed by atoms with Crippen LogP contribution >= 0.6 is 0 Å². The smallest absolute Gasteiger partial charge is 0.232 e. The maximum atomic E-state index is 12.5. The molecule has 0 aliphatic carbocycles. The molecular formula is C20H20O6. The molecule has 0 radical (unpaired) electrons. The number of benzene rings is 2. The van der Waals surface area contributed by atoms with E-state index in [1.807, 2.05) is 26.8 Å². The maximum Gasteiger partial charge on any atom is 0.232 e. The van der Waals surface area contributed by atoms with Gasteiger partial charge in [-0.1, -0.05) is 0 Å². The Balaban J connectivity index is 2.04. The van der Waals surface area contributed by atoms with E-state index in [1.54, 1.807) is 12.1 Å². The molecule has 6 nitrogen and oxygen atoms in total. The first-order chi connectivity index (χ1) is 12.5. The van der Waals surface area contributed by atoms with Gasteiger partial charge in [-0.25, -0.2) is 0 Å². The first-order valence-electron chi connectivity index (χ1n) is 8.36. The summed E-state index contributed by atoms with van der Waals surface area (Å²) in [5, 5.41) is 19.5. The van der Waals surface area contributed by atoms with Crippen LogP contribution in [0.2, 0.25) is 0 Å². The predicted octanol–water partition coefficient (Wildman–Crippen LogP) is 3.82. The fourth-order valence-corrected chi connectivity index (χ4v) is 2.82. The zero-order valence-corrected chi connectivity index (χ0v) is 14.8. The van der Waals surface area contributed by atoms with Gasteiger partial charge >= 0.3 is 0 Å². The lowest BCUT2D eigenvalue weighted by Gasteiger charge is -2.15. The van der Waals surface area contributed by atoms with Gasteiger partial charge < -0.3 is 24.4 Å². The third kappa shape index (κ3) is 2.94. The molecule has 0 fully saturated rings. The highest BCUT2D eigenvalue weighted by atomic mass is 16.5. The van der Waals surface area contributed by atoms with Gasteiger partial charge in [0.1, 0.15) is 11.5 Å². The van der Waals surface area contributed by atoms with E-state index in [1.165, 1.54) is 12.1 Å². The van der Waals surface area contributed by atoms with Gasteiger partial charge in [0.15, 0.2) is 17.3 Å². The minimum absolute atomic E-state index is 0.0399. The minimum Gasteiger partial charge on any atom is -0.504 e. The van der Waals surface area contributed by atoms with Crippen LogP contribution in [0.15, 0.2) is 30.0 Å². The van der Waals surface area contributed by atoms with Crippen molar-refractivity contribution in [2.75, 3.05) is 13.2 Å². The van der Waals surface area contributed by atoms with Gasteiger partial charge in [-0.05, 0) is 51.1 Å². The summed E-state index contributed by atoms with van der Waals surface area (Å²) < 4.78 is 16.8. The second kappa shape index (κ2) is 7.00. The summed E-state index contributed by atoms with van der Waals surface area (Å²) in [5.74, 6) is 0.154. The Morgan fingerprint density at radius 2 is 1.81 bits per heavy atom. The van der Waals surface area contributed by atoms with E-state index in [0.717, 1.165) is 5.56 Å². The number of carbonyl (C=O) groups is 1. The van der Waals surface area contributed by atoms with Crippen LogP contribution in [0.3, 0.4) is 0 Å². The Kier molecular flexibility index (Phi) is 4.75. The van der Waals surface area contributed by atoms with Crippen LogP contribution in [0.1, 0.15) is 35.3 Å². The minimum atomic E-state index is -0.452. The van der Waals surface area contributed by atoms with Crippen molar-refractivity contribution in [3.8, 4) is 28.7 Å². The quantitative estimate of drug-likeness (QED) is 0.626.